The van der Waals surface area contributed by atoms with Crippen LogP contribution < -0.4 is 0 Å². The monoisotopic (exact) mass is 186 g/mol. The summed E-state index contributed by atoms with van der Waals surface area (Å²) in [5, 5.41) is 0.900. The molecule has 0 aromatic heterocycles. The van der Waals surface area contributed by atoms with E-state index < -0.39 is 0 Å². The van der Waals surface area contributed by atoms with Crippen molar-refractivity contribution in [1.82, 2.24) is 0 Å². The number of hydrogen-bond donors (Lipinski definition) is 0. The molecule has 1 aliphatic carbocycles. The summed E-state index contributed by atoms with van der Waals surface area (Å²) >= 11 is 0. The standard InChI is InChI=1S/C9H14S2/c1-6(2)9-7-4-3-5-8(7)10-11-9/h6,8H,3-5H2,1-2H3. The van der Waals surface area contributed by atoms with Crippen LogP contribution in [0, 0.1) is 5.92 Å². The smallest absolute Gasteiger partial charge is 0.0375 e. The largest absolute Gasteiger partial charge is 0.0813 e. The van der Waals surface area contributed by atoms with Crippen LogP contribution in [0.1, 0.15) is 33.1 Å². The van der Waals surface area contributed by atoms with Gasteiger partial charge in [-0.05, 0) is 35.7 Å². The molecule has 0 bridgehead atoms. The number of rotatable bonds is 1. The highest BCUT2D eigenvalue weighted by Crippen LogP contribution is 2.55. The predicted octanol–water partition coefficient (Wildman–Crippen LogP) is 3.84. The Morgan fingerprint density at radius 1 is 1.45 bits per heavy atom. The Morgan fingerprint density at radius 3 is 3.00 bits per heavy atom. The van der Waals surface area contributed by atoms with E-state index in [0.717, 1.165) is 11.2 Å². The van der Waals surface area contributed by atoms with Crippen molar-refractivity contribution >= 4 is 21.6 Å². The molecule has 0 N–H and O–H groups in total. The molecule has 0 saturated heterocycles. The molecule has 1 saturated carbocycles. The lowest BCUT2D eigenvalue weighted by Crippen LogP contribution is -1.95. The van der Waals surface area contributed by atoms with Crippen LogP contribution in [-0.2, 0) is 0 Å². The van der Waals surface area contributed by atoms with Crippen LogP contribution in [0.5, 0.6) is 0 Å². The summed E-state index contributed by atoms with van der Waals surface area (Å²) in [7, 11) is 4.13. The Bertz CT molecular complexity index is 194. The Labute approximate surface area is 76.6 Å². The summed E-state index contributed by atoms with van der Waals surface area (Å²) in [4.78, 5) is 1.69. The summed E-state index contributed by atoms with van der Waals surface area (Å²) in [6.45, 7) is 4.63. The highest BCUT2D eigenvalue weighted by atomic mass is 33.1. The molecule has 2 heteroatoms. The van der Waals surface area contributed by atoms with Crippen LogP contribution in [0.4, 0.5) is 0 Å². The van der Waals surface area contributed by atoms with Gasteiger partial charge in [0, 0.05) is 5.25 Å². The lowest BCUT2D eigenvalue weighted by molar-refractivity contribution is 0.801. The molecule has 0 radical (unpaired) electrons. The van der Waals surface area contributed by atoms with Gasteiger partial charge in [0.1, 0.15) is 0 Å². The van der Waals surface area contributed by atoms with Crippen LogP contribution in [0.15, 0.2) is 10.5 Å². The molecular weight excluding hydrogens is 172 g/mol. The first-order chi connectivity index (χ1) is 5.29. The number of fused-ring (bicyclic) bond motifs is 1. The molecule has 0 nitrogen and oxygen atoms in total. The van der Waals surface area contributed by atoms with Crippen LogP contribution in [0.3, 0.4) is 0 Å². The zero-order valence-corrected chi connectivity index (χ0v) is 8.73. The van der Waals surface area contributed by atoms with Gasteiger partial charge in [0.2, 0.25) is 0 Å². The first-order valence-corrected chi connectivity index (χ1v) is 6.56. The van der Waals surface area contributed by atoms with Gasteiger partial charge >= 0.3 is 0 Å². The summed E-state index contributed by atoms with van der Waals surface area (Å²) in [5.41, 5.74) is 1.79. The van der Waals surface area contributed by atoms with Gasteiger partial charge in [-0.25, -0.2) is 0 Å². The van der Waals surface area contributed by atoms with Crippen LogP contribution in [0.2, 0.25) is 0 Å². The molecule has 0 amide bonds. The molecule has 1 unspecified atom stereocenters. The van der Waals surface area contributed by atoms with E-state index in [1.54, 1.807) is 10.5 Å². The van der Waals surface area contributed by atoms with E-state index in [1.807, 2.05) is 10.8 Å². The average molecular weight is 186 g/mol. The summed E-state index contributed by atoms with van der Waals surface area (Å²) in [6, 6.07) is 0. The van der Waals surface area contributed by atoms with Crippen LogP contribution in [0.25, 0.3) is 0 Å². The van der Waals surface area contributed by atoms with Crippen molar-refractivity contribution < 1.29 is 0 Å². The van der Waals surface area contributed by atoms with Gasteiger partial charge in [0.05, 0.1) is 0 Å². The highest BCUT2D eigenvalue weighted by molar-refractivity contribution is 8.78. The Hall–Kier alpha value is 0.440. The van der Waals surface area contributed by atoms with Crippen molar-refractivity contribution in [3.63, 3.8) is 0 Å². The van der Waals surface area contributed by atoms with Gasteiger partial charge in [-0.2, -0.15) is 0 Å². The fourth-order valence-electron chi connectivity index (χ4n) is 1.83. The molecule has 2 aliphatic rings. The maximum atomic E-state index is 2.32. The third-order valence-electron chi connectivity index (χ3n) is 2.40. The molecule has 1 heterocycles. The van der Waals surface area contributed by atoms with Gasteiger partial charge in [0.25, 0.3) is 0 Å². The molecule has 62 valence electrons. The lowest BCUT2D eigenvalue weighted by atomic mass is 10.1. The highest BCUT2D eigenvalue weighted by Gasteiger charge is 2.31. The van der Waals surface area contributed by atoms with E-state index in [9.17, 15) is 0 Å². The maximum absolute atomic E-state index is 2.32. The third-order valence-corrected chi connectivity index (χ3v) is 5.68. The second-order valence-electron chi connectivity index (χ2n) is 3.60. The summed E-state index contributed by atoms with van der Waals surface area (Å²) < 4.78 is 0. The average Bonchev–Trinajstić information content (AvgIpc) is 2.41. The van der Waals surface area contributed by atoms with Crippen molar-refractivity contribution in [2.45, 2.75) is 38.4 Å². The van der Waals surface area contributed by atoms with Crippen molar-refractivity contribution in [2.24, 2.45) is 5.92 Å². The van der Waals surface area contributed by atoms with Crippen LogP contribution in [-0.4, -0.2) is 5.25 Å². The fraction of sp³-hybridized carbons (Fsp3) is 0.778. The Kier molecular flexibility index (Phi) is 2.24. The van der Waals surface area contributed by atoms with Crippen molar-refractivity contribution in [3.05, 3.63) is 10.5 Å². The molecule has 1 aliphatic heterocycles. The van der Waals surface area contributed by atoms with Crippen molar-refractivity contribution in [3.8, 4) is 0 Å². The maximum Gasteiger partial charge on any atom is 0.0375 e. The van der Waals surface area contributed by atoms with E-state index in [1.165, 1.54) is 19.3 Å². The molecule has 0 aromatic carbocycles. The normalized spacial score (nSPS) is 30.3. The summed E-state index contributed by atoms with van der Waals surface area (Å²) in [6.07, 6.45) is 4.26. The van der Waals surface area contributed by atoms with E-state index >= 15 is 0 Å². The fourth-order valence-corrected chi connectivity index (χ4v) is 5.49. The quantitative estimate of drug-likeness (QED) is 0.571. The van der Waals surface area contributed by atoms with E-state index in [0.29, 0.717) is 0 Å². The zero-order chi connectivity index (χ0) is 7.84. The predicted molar refractivity (Wildman–Crippen MR) is 54.7 cm³/mol. The first-order valence-electron chi connectivity index (χ1n) is 4.35. The summed E-state index contributed by atoms with van der Waals surface area (Å²) in [5.74, 6) is 0.769. The number of hydrogen-bond acceptors (Lipinski definition) is 2. The lowest BCUT2D eigenvalue weighted by Gasteiger charge is -2.05. The molecule has 2 rings (SSSR count). The minimum Gasteiger partial charge on any atom is -0.0813 e. The van der Waals surface area contributed by atoms with Crippen molar-refractivity contribution in [1.29, 1.82) is 0 Å². The van der Waals surface area contributed by atoms with Gasteiger partial charge in [0.15, 0.2) is 0 Å². The SMILES string of the molecule is CC(C)C1=C2CCCC2SS1. The Balaban J connectivity index is 2.24. The second kappa shape index (κ2) is 3.06. The van der Waals surface area contributed by atoms with Crippen LogP contribution >= 0.6 is 21.6 Å². The topological polar surface area (TPSA) is 0 Å². The van der Waals surface area contributed by atoms with Gasteiger partial charge in [-0.15, -0.1) is 0 Å². The molecule has 11 heavy (non-hydrogen) atoms. The van der Waals surface area contributed by atoms with E-state index in [4.69, 9.17) is 0 Å². The Morgan fingerprint density at radius 2 is 2.27 bits per heavy atom. The molecular formula is C9H14S2. The van der Waals surface area contributed by atoms with E-state index in [-0.39, 0.29) is 0 Å². The third kappa shape index (κ3) is 1.35. The molecule has 1 atom stereocenters. The second-order valence-corrected chi connectivity index (χ2v) is 6.05. The zero-order valence-electron chi connectivity index (χ0n) is 7.09. The molecule has 0 spiro atoms. The minimum absolute atomic E-state index is 0.769. The van der Waals surface area contributed by atoms with Crippen molar-refractivity contribution in [2.75, 3.05) is 0 Å². The van der Waals surface area contributed by atoms with Gasteiger partial charge in [-0.1, -0.05) is 35.4 Å². The molecule has 0 aromatic rings. The minimum atomic E-state index is 0.769. The molecule has 1 fully saturated rings. The first kappa shape index (κ1) is 8.06. The van der Waals surface area contributed by atoms with E-state index in [2.05, 4.69) is 24.6 Å². The number of allylic oxidation sites excluding steroid dienone is 1. The van der Waals surface area contributed by atoms with Gasteiger partial charge in [-0.3, -0.25) is 0 Å². The van der Waals surface area contributed by atoms with Gasteiger partial charge < -0.3 is 0 Å².